The number of ether oxygens (including phenoxy) is 1. The molecule has 3 nitrogen and oxygen atoms in total. The molecule has 1 aromatic rings. The second-order valence-corrected chi connectivity index (χ2v) is 5.17. The average molecular weight is 235 g/mol. The molecular weight excluding hydrogens is 214 g/mol. The first-order chi connectivity index (χ1) is 8.09. The molecule has 1 unspecified atom stereocenters. The quantitative estimate of drug-likeness (QED) is 0.872. The van der Waals surface area contributed by atoms with E-state index in [9.17, 15) is 5.11 Å². The summed E-state index contributed by atoms with van der Waals surface area (Å²) in [4.78, 5) is 2.37. The van der Waals surface area contributed by atoms with Gasteiger partial charge in [-0.3, -0.25) is 0 Å². The Morgan fingerprint density at radius 3 is 2.47 bits per heavy atom. The molecule has 0 spiro atoms. The van der Waals surface area contributed by atoms with Gasteiger partial charge >= 0.3 is 0 Å². The van der Waals surface area contributed by atoms with E-state index in [-0.39, 0.29) is 12.1 Å². The van der Waals surface area contributed by atoms with Crippen molar-refractivity contribution >= 4 is 5.69 Å². The predicted octanol–water partition coefficient (Wildman–Crippen LogP) is 2.29. The van der Waals surface area contributed by atoms with E-state index in [0.717, 1.165) is 18.7 Å². The average Bonchev–Trinajstić information content (AvgIpc) is 2.64. The maximum atomic E-state index is 9.40. The molecule has 1 aromatic carbocycles. The van der Waals surface area contributed by atoms with Gasteiger partial charge in [0.05, 0.1) is 7.11 Å². The maximum Gasteiger partial charge on any atom is 0.119 e. The lowest BCUT2D eigenvalue weighted by molar-refractivity contribution is 0.189. The smallest absolute Gasteiger partial charge is 0.119 e. The molecule has 1 aliphatic heterocycles. The number of methoxy groups -OCH3 is 1. The van der Waals surface area contributed by atoms with Crippen molar-refractivity contribution < 1.29 is 9.84 Å². The molecule has 17 heavy (non-hydrogen) atoms. The van der Waals surface area contributed by atoms with Crippen LogP contribution >= 0.6 is 0 Å². The van der Waals surface area contributed by atoms with Gasteiger partial charge in [-0.05, 0) is 44.5 Å². The predicted molar refractivity (Wildman–Crippen MR) is 69.6 cm³/mol. The molecular formula is C14H21NO2. The molecule has 3 heteroatoms. The first-order valence-corrected chi connectivity index (χ1v) is 6.12. The third kappa shape index (κ3) is 2.12. The molecule has 1 N–H and O–H groups in total. The molecule has 1 aliphatic rings. The van der Waals surface area contributed by atoms with Crippen LogP contribution in [0.1, 0.15) is 20.3 Å². The highest BCUT2D eigenvalue weighted by Gasteiger charge is 2.40. The van der Waals surface area contributed by atoms with Gasteiger partial charge in [0.1, 0.15) is 5.75 Å². The second kappa shape index (κ2) is 4.57. The number of nitrogens with zero attached hydrogens (tertiary/aromatic N) is 1. The fourth-order valence-corrected chi connectivity index (χ4v) is 2.69. The van der Waals surface area contributed by atoms with E-state index >= 15 is 0 Å². The van der Waals surface area contributed by atoms with Gasteiger partial charge in [0, 0.05) is 30.3 Å². The van der Waals surface area contributed by atoms with E-state index in [1.54, 1.807) is 7.11 Å². The monoisotopic (exact) mass is 235 g/mol. The third-order valence-corrected chi connectivity index (χ3v) is 4.00. The molecule has 0 amide bonds. The molecule has 0 aliphatic carbocycles. The van der Waals surface area contributed by atoms with Crippen LogP contribution in [-0.2, 0) is 0 Å². The van der Waals surface area contributed by atoms with Crippen LogP contribution in [0.25, 0.3) is 0 Å². The minimum Gasteiger partial charge on any atom is -0.497 e. The first-order valence-electron chi connectivity index (χ1n) is 6.12. The Bertz CT molecular complexity index is 372. The number of aliphatic hydroxyl groups is 1. The van der Waals surface area contributed by atoms with Gasteiger partial charge in [-0.15, -0.1) is 0 Å². The largest absolute Gasteiger partial charge is 0.497 e. The summed E-state index contributed by atoms with van der Waals surface area (Å²) in [5, 5.41) is 9.40. The number of aliphatic hydroxyl groups excluding tert-OH is 1. The van der Waals surface area contributed by atoms with Crippen LogP contribution in [0.4, 0.5) is 5.69 Å². The summed E-state index contributed by atoms with van der Waals surface area (Å²) in [7, 11) is 1.68. The van der Waals surface area contributed by atoms with Gasteiger partial charge in [0.2, 0.25) is 0 Å². The van der Waals surface area contributed by atoms with Crippen molar-refractivity contribution in [1.82, 2.24) is 0 Å². The Morgan fingerprint density at radius 1 is 1.35 bits per heavy atom. The van der Waals surface area contributed by atoms with Crippen LogP contribution in [-0.4, -0.2) is 30.9 Å². The fourth-order valence-electron chi connectivity index (χ4n) is 2.69. The van der Waals surface area contributed by atoms with Crippen LogP contribution in [0.2, 0.25) is 0 Å². The van der Waals surface area contributed by atoms with Crippen LogP contribution < -0.4 is 9.64 Å². The number of hydrogen-bond acceptors (Lipinski definition) is 3. The summed E-state index contributed by atoms with van der Waals surface area (Å²) >= 11 is 0. The lowest BCUT2D eigenvalue weighted by atomic mass is 9.89. The molecule has 1 fully saturated rings. The molecule has 0 saturated carbocycles. The van der Waals surface area contributed by atoms with Gasteiger partial charge in [-0.2, -0.15) is 0 Å². The van der Waals surface area contributed by atoms with E-state index in [1.807, 2.05) is 12.1 Å². The zero-order valence-electron chi connectivity index (χ0n) is 10.8. The van der Waals surface area contributed by atoms with Gasteiger partial charge in [0.25, 0.3) is 0 Å². The van der Waals surface area contributed by atoms with Crippen molar-refractivity contribution in [2.45, 2.75) is 25.8 Å². The second-order valence-electron chi connectivity index (χ2n) is 5.17. The van der Waals surface area contributed by atoms with E-state index in [2.05, 4.69) is 30.9 Å². The maximum absolute atomic E-state index is 9.40. The van der Waals surface area contributed by atoms with E-state index < -0.39 is 0 Å². The van der Waals surface area contributed by atoms with E-state index in [0.29, 0.717) is 5.92 Å². The normalized spacial score (nSPS) is 22.8. The summed E-state index contributed by atoms with van der Waals surface area (Å²) in [5.41, 5.74) is 1.22. The van der Waals surface area contributed by atoms with Crippen LogP contribution in [0.5, 0.6) is 5.75 Å². The lowest BCUT2D eigenvalue weighted by Crippen LogP contribution is -2.43. The van der Waals surface area contributed by atoms with Gasteiger partial charge in [-0.1, -0.05) is 0 Å². The topological polar surface area (TPSA) is 32.7 Å². The molecule has 2 rings (SSSR count). The summed E-state index contributed by atoms with van der Waals surface area (Å²) in [5.74, 6) is 1.23. The highest BCUT2D eigenvalue weighted by Crippen LogP contribution is 2.38. The molecule has 0 bridgehead atoms. The third-order valence-electron chi connectivity index (χ3n) is 4.00. The number of anilines is 1. The fraction of sp³-hybridized carbons (Fsp3) is 0.571. The van der Waals surface area contributed by atoms with E-state index in [4.69, 9.17) is 4.74 Å². The Labute approximate surface area is 103 Å². The summed E-state index contributed by atoms with van der Waals surface area (Å²) < 4.78 is 5.17. The highest BCUT2D eigenvalue weighted by atomic mass is 16.5. The standard InChI is InChI=1S/C14H21NO2/c1-14(2)11(10-16)8-9-15(14)12-4-6-13(17-3)7-5-12/h4-7,11,16H,8-10H2,1-3H3. The molecule has 1 heterocycles. The molecule has 94 valence electrons. The van der Waals surface area contributed by atoms with Crippen molar-refractivity contribution in [2.75, 3.05) is 25.2 Å². The zero-order valence-corrected chi connectivity index (χ0v) is 10.8. The van der Waals surface area contributed by atoms with Crippen LogP contribution in [0.3, 0.4) is 0 Å². The van der Waals surface area contributed by atoms with Gasteiger partial charge in [-0.25, -0.2) is 0 Å². The van der Waals surface area contributed by atoms with Crippen molar-refractivity contribution in [2.24, 2.45) is 5.92 Å². The highest BCUT2D eigenvalue weighted by molar-refractivity contribution is 5.52. The van der Waals surface area contributed by atoms with Gasteiger partial charge in [0.15, 0.2) is 0 Å². The number of hydrogen-bond donors (Lipinski definition) is 1. The van der Waals surface area contributed by atoms with Crippen molar-refractivity contribution in [3.63, 3.8) is 0 Å². The number of rotatable bonds is 3. The Balaban J connectivity index is 2.22. The molecule has 0 aromatic heterocycles. The minimum absolute atomic E-state index is 0.0172. The lowest BCUT2D eigenvalue weighted by Gasteiger charge is -2.37. The summed E-state index contributed by atoms with van der Waals surface area (Å²) in [6, 6.07) is 8.13. The van der Waals surface area contributed by atoms with Crippen molar-refractivity contribution in [3.05, 3.63) is 24.3 Å². The molecule has 1 saturated heterocycles. The Hall–Kier alpha value is -1.22. The van der Waals surface area contributed by atoms with Crippen LogP contribution in [0.15, 0.2) is 24.3 Å². The van der Waals surface area contributed by atoms with Crippen molar-refractivity contribution in [3.8, 4) is 5.75 Å². The minimum atomic E-state index is 0.0172. The molecule has 0 radical (unpaired) electrons. The summed E-state index contributed by atoms with van der Waals surface area (Å²) in [6.45, 7) is 5.67. The van der Waals surface area contributed by atoms with Crippen LogP contribution in [0, 0.1) is 5.92 Å². The SMILES string of the molecule is COc1ccc(N2CCC(CO)C2(C)C)cc1. The molecule has 1 atom stereocenters. The first kappa shape index (κ1) is 12.2. The van der Waals surface area contributed by atoms with Gasteiger partial charge < -0.3 is 14.7 Å². The zero-order chi connectivity index (χ0) is 12.5. The van der Waals surface area contributed by atoms with Crippen molar-refractivity contribution in [1.29, 1.82) is 0 Å². The Morgan fingerprint density at radius 2 is 2.00 bits per heavy atom. The van der Waals surface area contributed by atoms with E-state index in [1.165, 1.54) is 5.69 Å². The Kier molecular flexibility index (Phi) is 3.29. The number of benzene rings is 1. The summed E-state index contributed by atoms with van der Waals surface area (Å²) in [6.07, 6.45) is 1.05.